The molecule has 0 saturated heterocycles. The van der Waals surface area contributed by atoms with Gasteiger partial charge in [-0.05, 0) is 59.4 Å². The molecule has 2 N–H and O–H groups in total. The number of hydrogen-bond donors (Lipinski definition) is 2. The molecule has 0 aliphatic heterocycles. The van der Waals surface area contributed by atoms with Crippen molar-refractivity contribution in [2.45, 2.75) is 95.3 Å². The Morgan fingerprint density at radius 2 is 0.809 bits per heavy atom. The highest BCUT2D eigenvalue weighted by Gasteiger charge is 2.35. The molecule has 0 spiro atoms. The van der Waals surface area contributed by atoms with E-state index in [0.29, 0.717) is 0 Å². The summed E-state index contributed by atoms with van der Waals surface area (Å²) in [7, 11) is 0. The molecule has 0 heterocycles. The second kappa shape index (κ2) is 18.7. The van der Waals surface area contributed by atoms with E-state index in [1.807, 2.05) is 0 Å². The topological polar surface area (TPSA) is 58.9 Å². The van der Waals surface area contributed by atoms with Gasteiger partial charge in [0.05, 0.1) is 13.2 Å². The maximum atomic E-state index is 9.59. The lowest BCUT2D eigenvalue weighted by atomic mass is 9.67. The van der Waals surface area contributed by atoms with Crippen molar-refractivity contribution in [3.05, 3.63) is 108 Å². The van der Waals surface area contributed by atoms with Gasteiger partial charge in [-0.2, -0.15) is 0 Å². The van der Waals surface area contributed by atoms with E-state index in [2.05, 4.69) is 97.1 Å². The predicted molar refractivity (Wildman–Crippen MR) is 194 cm³/mol. The van der Waals surface area contributed by atoms with Gasteiger partial charge >= 0.3 is 0 Å². The normalized spacial score (nSPS) is 16.5. The Labute approximate surface area is 282 Å². The number of benzene rings is 4. The number of rotatable bonds is 10. The lowest BCUT2D eigenvalue weighted by Gasteiger charge is -2.37. The minimum atomic E-state index is -0.196. The molecule has 0 amide bonds. The van der Waals surface area contributed by atoms with Crippen LogP contribution >= 0.6 is 0 Å². The van der Waals surface area contributed by atoms with Gasteiger partial charge in [-0.3, -0.25) is 0 Å². The molecule has 0 aromatic heterocycles. The third-order valence-corrected chi connectivity index (χ3v) is 9.89. The summed E-state index contributed by atoms with van der Waals surface area (Å²) in [4.78, 5) is 0. The second-order valence-corrected chi connectivity index (χ2v) is 13.1. The zero-order valence-corrected chi connectivity index (χ0v) is 28.2. The van der Waals surface area contributed by atoms with E-state index < -0.39 is 0 Å². The highest BCUT2D eigenvalue weighted by atomic mass is 16.5. The van der Waals surface area contributed by atoms with Crippen LogP contribution in [-0.2, 0) is 5.41 Å². The van der Waals surface area contributed by atoms with Crippen LogP contribution in [0.15, 0.2) is 97.1 Å². The SMILES string of the molecule is OCCOc1ccc(C2(c3ccc(OCCO)c(-c4ccccc4)c3)CCCCCCCCCCCCCC2)cc1-c1ccccc1. The highest BCUT2D eigenvalue weighted by Crippen LogP contribution is 2.47. The average Bonchev–Trinajstić information content (AvgIpc) is 3.14. The Morgan fingerprint density at radius 1 is 0.447 bits per heavy atom. The fraction of sp³-hybridized carbons (Fsp3) is 0.442. The molecule has 4 heteroatoms. The summed E-state index contributed by atoms with van der Waals surface area (Å²) in [5, 5.41) is 19.2. The summed E-state index contributed by atoms with van der Waals surface area (Å²) in [5.41, 5.74) is 6.81. The van der Waals surface area contributed by atoms with E-state index in [1.54, 1.807) is 0 Å². The van der Waals surface area contributed by atoms with E-state index in [0.717, 1.165) is 46.6 Å². The minimum Gasteiger partial charge on any atom is -0.491 e. The monoisotopic (exact) mass is 634 g/mol. The molecule has 0 atom stereocenters. The number of ether oxygens (including phenoxy) is 2. The molecule has 0 bridgehead atoms. The van der Waals surface area contributed by atoms with Gasteiger partial charge in [0, 0.05) is 16.5 Å². The van der Waals surface area contributed by atoms with Crippen molar-refractivity contribution in [2.24, 2.45) is 0 Å². The molecule has 4 aromatic rings. The van der Waals surface area contributed by atoms with E-state index in [9.17, 15) is 10.2 Å². The summed E-state index contributed by atoms with van der Waals surface area (Å²) in [6, 6.07) is 34.6. The molecule has 4 nitrogen and oxygen atoms in total. The van der Waals surface area contributed by atoms with Crippen molar-refractivity contribution >= 4 is 0 Å². The lowest BCUT2D eigenvalue weighted by molar-refractivity contribution is 0.202. The zero-order chi connectivity index (χ0) is 32.6. The van der Waals surface area contributed by atoms with Crippen molar-refractivity contribution in [2.75, 3.05) is 26.4 Å². The van der Waals surface area contributed by atoms with Gasteiger partial charge in [0.2, 0.25) is 0 Å². The van der Waals surface area contributed by atoms with E-state index in [4.69, 9.17) is 9.47 Å². The third kappa shape index (κ3) is 9.49. The standard InChI is InChI=1S/C43H54O4/c44-29-31-46-41-25-23-37(33-39(41)35-19-13-11-14-20-35)43(27-17-9-7-5-3-1-2-4-6-8-10-18-28-43)38-24-26-42(47-32-30-45)40(34-38)36-21-15-12-16-22-36/h11-16,19-26,33-34,44-45H,1-10,17-18,27-32H2. The van der Waals surface area contributed by atoms with Gasteiger partial charge < -0.3 is 19.7 Å². The van der Waals surface area contributed by atoms with Crippen LogP contribution in [0.5, 0.6) is 11.5 Å². The smallest absolute Gasteiger partial charge is 0.127 e. The summed E-state index contributed by atoms with van der Waals surface area (Å²) in [6.07, 6.45) is 17.7. The average molecular weight is 635 g/mol. The van der Waals surface area contributed by atoms with Crippen LogP contribution in [0.2, 0.25) is 0 Å². The van der Waals surface area contributed by atoms with Crippen LogP contribution in [0.3, 0.4) is 0 Å². The largest absolute Gasteiger partial charge is 0.491 e. The Balaban J connectivity index is 1.66. The Hall–Kier alpha value is -3.60. The van der Waals surface area contributed by atoms with E-state index >= 15 is 0 Å². The quantitative estimate of drug-likeness (QED) is 0.182. The number of aliphatic hydroxyl groups excluding tert-OH is 2. The van der Waals surface area contributed by atoms with Crippen LogP contribution < -0.4 is 9.47 Å². The van der Waals surface area contributed by atoms with Gasteiger partial charge in [-0.25, -0.2) is 0 Å². The van der Waals surface area contributed by atoms with Crippen LogP contribution in [-0.4, -0.2) is 36.6 Å². The van der Waals surface area contributed by atoms with Gasteiger partial charge in [-0.1, -0.05) is 150 Å². The first-order valence-corrected chi connectivity index (χ1v) is 18.1. The van der Waals surface area contributed by atoms with Crippen LogP contribution in [0.1, 0.15) is 101 Å². The first kappa shape index (κ1) is 34.7. The molecular formula is C43H54O4. The molecule has 250 valence electrons. The van der Waals surface area contributed by atoms with Crippen LogP contribution in [0.4, 0.5) is 0 Å². The van der Waals surface area contributed by atoms with E-state index in [-0.39, 0.29) is 31.8 Å². The van der Waals surface area contributed by atoms with Crippen molar-refractivity contribution < 1.29 is 19.7 Å². The molecule has 5 rings (SSSR count). The fourth-order valence-corrected chi connectivity index (χ4v) is 7.40. The number of hydrogen-bond acceptors (Lipinski definition) is 4. The third-order valence-electron chi connectivity index (χ3n) is 9.89. The summed E-state index contributed by atoms with van der Waals surface area (Å²) < 4.78 is 12.2. The van der Waals surface area contributed by atoms with Crippen LogP contribution in [0.25, 0.3) is 22.3 Å². The van der Waals surface area contributed by atoms with E-state index in [1.165, 1.54) is 88.2 Å². The Kier molecular flexibility index (Phi) is 13.8. The van der Waals surface area contributed by atoms with Gasteiger partial charge in [0.15, 0.2) is 0 Å². The van der Waals surface area contributed by atoms with Gasteiger partial charge in [0.25, 0.3) is 0 Å². The molecular weight excluding hydrogens is 580 g/mol. The van der Waals surface area contributed by atoms with Crippen molar-refractivity contribution in [1.82, 2.24) is 0 Å². The predicted octanol–water partition coefficient (Wildman–Crippen LogP) is 10.5. The molecule has 1 aliphatic carbocycles. The van der Waals surface area contributed by atoms with Gasteiger partial charge in [0.1, 0.15) is 24.7 Å². The number of aliphatic hydroxyl groups is 2. The molecule has 0 radical (unpaired) electrons. The van der Waals surface area contributed by atoms with Crippen LogP contribution in [0, 0.1) is 0 Å². The molecule has 1 fully saturated rings. The first-order chi connectivity index (χ1) is 23.2. The lowest BCUT2D eigenvalue weighted by Crippen LogP contribution is -2.28. The second-order valence-electron chi connectivity index (χ2n) is 13.1. The molecule has 0 unspecified atom stereocenters. The summed E-state index contributed by atoms with van der Waals surface area (Å²) in [6.45, 7) is 0.486. The molecule has 1 aliphatic rings. The molecule has 47 heavy (non-hydrogen) atoms. The fourth-order valence-electron chi connectivity index (χ4n) is 7.40. The Bertz CT molecular complexity index is 1350. The summed E-state index contributed by atoms with van der Waals surface area (Å²) in [5.74, 6) is 1.61. The molecule has 1 saturated carbocycles. The summed E-state index contributed by atoms with van der Waals surface area (Å²) >= 11 is 0. The zero-order valence-electron chi connectivity index (χ0n) is 28.2. The maximum absolute atomic E-state index is 9.59. The van der Waals surface area contributed by atoms with Crippen molar-refractivity contribution in [3.8, 4) is 33.8 Å². The Morgan fingerprint density at radius 3 is 1.17 bits per heavy atom. The molecule has 4 aromatic carbocycles. The first-order valence-electron chi connectivity index (χ1n) is 18.1. The highest BCUT2D eigenvalue weighted by molar-refractivity contribution is 5.74. The minimum absolute atomic E-state index is 0.0210. The maximum Gasteiger partial charge on any atom is 0.127 e. The van der Waals surface area contributed by atoms with Crippen molar-refractivity contribution in [1.29, 1.82) is 0 Å². The van der Waals surface area contributed by atoms with Gasteiger partial charge in [-0.15, -0.1) is 0 Å². The van der Waals surface area contributed by atoms with Crippen molar-refractivity contribution in [3.63, 3.8) is 0 Å².